The van der Waals surface area contributed by atoms with Crippen molar-refractivity contribution in [3.63, 3.8) is 0 Å². The number of pyridine rings is 1. The molecule has 0 aliphatic carbocycles. The number of aryl methyl sites for hydroxylation is 1. The maximum atomic E-state index is 13.3. The highest BCUT2D eigenvalue weighted by Gasteiger charge is 2.30. The van der Waals surface area contributed by atoms with Crippen molar-refractivity contribution in [2.24, 2.45) is 0 Å². The first-order valence-corrected chi connectivity index (χ1v) is 10.9. The molecule has 2 aromatic heterocycles. The average Bonchev–Trinajstić information content (AvgIpc) is 3.36. The zero-order chi connectivity index (χ0) is 20.4. The van der Waals surface area contributed by atoms with Crippen LogP contribution in [0.5, 0.6) is 0 Å². The monoisotopic (exact) mass is 399 g/mol. The molecular formula is C22H33N5O2. The van der Waals surface area contributed by atoms with Gasteiger partial charge in [-0.3, -0.25) is 14.6 Å². The number of carbonyl (C=O) groups is 1. The van der Waals surface area contributed by atoms with E-state index in [0.717, 1.165) is 49.6 Å². The fourth-order valence-electron chi connectivity index (χ4n) is 4.70. The number of likely N-dealkylation sites (N-methyl/N-ethyl adjacent to an activating group) is 1. The van der Waals surface area contributed by atoms with E-state index in [1.54, 1.807) is 0 Å². The van der Waals surface area contributed by atoms with E-state index in [9.17, 15) is 4.79 Å². The summed E-state index contributed by atoms with van der Waals surface area (Å²) in [7, 11) is 0. The molecule has 1 unspecified atom stereocenters. The molecule has 2 fully saturated rings. The average molecular weight is 400 g/mol. The first-order valence-electron chi connectivity index (χ1n) is 10.9. The molecule has 0 saturated carbocycles. The van der Waals surface area contributed by atoms with E-state index in [0.29, 0.717) is 38.0 Å². The number of rotatable bonds is 6. The van der Waals surface area contributed by atoms with Gasteiger partial charge in [-0.1, -0.05) is 19.9 Å². The van der Waals surface area contributed by atoms with Gasteiger partial charge in [-0.05, 0) is 38.1 Å². The topological polar surface area (TPSA) is 53.3 Å². The maximum absolute atomic E-state index is 13.3. The Kier molecular flexibility index (Phi) is 6.18. The minimum Gasteiger partial charge on any atom is -0.378 e. The summed E-state index contributed by atoms with van der Waals surface area (Å²) in [4.78, 5) is 25.0. The fourth-order valence-corrected chi connectivity index (χ4v) is 4.70. The van der Waals surface area contributed by atoms with E-state index in [-0.39, 0.29) is 5.91 Å². The van der Waals surface area contributed by atoms with Crippen LogP contribution in [0.25, 0.3) is 5.65 Å². The van der Waals surface area contributed by atoms with Crippen LogP contribution >= 0.6 is 0 Å². The smallest absolute Gasteiger partial charge is 0.274 e. The van der Waals surface area contributed by atoms with E-state index in [1.165, 1.54) is 6.42 Å². The number of amides is 1. The van der Waals surface area contributed by atoms with Gasteiger partial charge in [0.05, 0.1) is 18.9 Å². The predicted octanol–water partition coefficient (Wildman–Crippen LogP) is 2.03. The molecule has 29 heavy (non-hydrogen) atoms. The molecule has 0 N–H and O–H groups in total. The molecule has 2 saturated heterocycles. The molecule has 1 atom stereocenters. The Labute approximate surface area is 173 Å². The Morgan fingerprint density at radius 1 is 1.24 bits per heavy atom. The predicted molar refractivity (Wildman–Crippen MR) is 113 cm³/mol. The summed E-state index contributed by atoms with van der Waals surface area (Å²) < 4.78 is 7.54. The summed E-state index contributed by atoms with van der Waals surface area (Å²) in [6.07, 6.45) is 3.23. The van der Waals surface area contributed by atoms with Crippen molar-refractivity contribution in [3.8, 4) is 0 Å². The summed E-state index contributed by atoms with van der Waals surface area (Å²) in [5.41, 5.74) is 3.60. The lowest BCUT2D eigenvalue weighted by Gasteiger charge is -2.27. The van der Waals surface area contributed by atoms with Crippen molar-refractivity contribution < 1.29 is 9.53 Å². The van der Waals surface area contributed by atoms with Crippen LogP contribution in [-0.2, 0) is 11.3 Å². The van der Waals surface area contributed by atoms with Gasteiger partial charge in [0.25, 0.3) is 5.91 Å². The Bertz CT molecular complexity index is 854. The van der Waals surface area contributed by atoms with Gasteiger partial charge in [-0.25, -0.2) is 4.98 Å². The zero-order valence-corrected chi connectivity index (χ0v) is 17.9. The number of morpholine rings is 1. The lowest BCUT2D eigenvalue weighted by molar-refractivity contribution is 0.0298. The van der Waals surface area contributed by atoms with Crippen LogP contribution in [0.4, 0.5) is 0 Å². The van der Waals surface area contributed by atoms with Crippen molar-refractivity contribution in [2.45, 2.75) is 39.8 Å². The fraction of sp³-hybridized carbons (Fsp3) is 0.636. The molecule has 2 aliphatic heterocycles. The van der Waals surface area contributed by atoms with E-state index >= 15 is 0 Å². The van der Waals surface area contributed by atoms with Gasteiger partial charge in [0.2, 0.25) is 0 Å². The van der Waals surface area contributed by atoms with Crippen LogP contribution in [-0.4, -0.2) is 88.5 Å². The Balaban J connectivity index is 1.62. The SMILES string of the molecule is CCN(CC)C1CCN(Cc2c(C(=O)N3CCOCC3)nc3c(C)cccn23)C1. The molecule has 0 bridgehead atoms. The van der Waals surface area contributed by atoms with Crippen LogP contribution in [0.3, 0.4) is 0 Å². The lowest BCUT2D eigenvalue weighted by Crippen LogP contribution is -2.41. The van der Waals surface area contributed by atoms with E-state index in [1.807, 2.05) is 17.2 Å². The Hall–Kier alpha value is -1.96. The highest BCUT2D eigenvalue weighted by Crippen LogP contribution is 2.23. The Morgan fingerprint density at radius 2 is 2.00 bits per heavy atom. The molecule has 7 nitrogen and oxygen atoms in total. The number of fused-ring (bicyclic) bond motifs is 1. The van der Waals surface area contributed by atoms with Gasteiger partial charge in [0, 0.05) is 45.0 Å². The van der Waals surface area contributed by atoms with Crippen LogP contribution < -0.4 is 0 Å². The lowest BCUT2D eigenvalue weighted by atomic mass is 10.2. The highest BCUT2D eigenvalue weighted by molar-refractivity contribution is 5.94. The number of likely N-dealkylation sites (tertiary alicyclic amines) is 1. The molecular weight excluding hydrogens is 366 g/mol. The van der Waals surface area contributed by atoms with Crippen molar-refractivity contribution in [2.75, 3.05) is 52.5 Å². The number of ether oxygens (including phenoxy) is 1. The third-order valence-electron chi connectivity index (χ3n) is 6.39. The molecule has 158 valence electrons. The number of hydrogen-bond donors (Lipinski definition) is 0. The molecule has 1 amide bonds. The van der Waals surface area contributed by atoms with Gasteiger partial charge in [-0.2, -0.15) is 0 Å². The number of imidazole rings is 1. The third-order valence-corrected chi connectivity index (χ3v) is 6.39. The van der Waals surface area contributed by atoms with Gasteiger partial charge in [-0.15, -0.1) is 0 Å². The molecule has 0 aromatic carbocycles. The first-order chi connectivity index (χ1) is 14.1. The number of carbonyl (C=O) groups excluding carboxylic acids is 1. The van der Waals surface area contributed by atoms with Gasteiger partial charge >= 0.3 is 0 Å². The second-order valence-electron chi connectivity index (χ2n) is 8.10. The third kappa shape index (κ3) is 4.04. The van der Waals surface area contributed by atoms with E-state index in [2.05, 4.69) is 41.0 Å². The molecule has 0 spiro atoms. The summed E-state index contributed by atoms with van der Waals surface area (Å²) in [5, 5.41) is 0. The van der Waals surface area contributed by atoms with Crippen molar-refractivity contribution in [3.05, 3.63) is 35.3 Å². The van der Waals surface area contributed by atoms with Crippen LogP contribution in [0.2, 0.25) is 0 Å². The number of nitrogens with zero attached hydrogens (tertiary/aromatic N) is 5. The molecule has 4 heterocycles. The molecule has 4 rings (SSSR count). The van der Waals surface area contributed by atoms with E-state index in [4.69, 9.17) is 9.72 Å². The standard InChI is InChI=1S/C22H33N5O2/c1-4-25(5-2)18-8-10-24(15-18)16-19-20(22(28)26-11-13-29-14-12-26)23-21-17(3)7-6-9-27(19)21/h6-7,9,18H,4-5,8,10-16H2,1-3H3. The first kappa shape index (κ1) is 20.3. The summed E-state index contributed by atoms with van der Waals surface area (Å²) in [6.45, 7) is 14.0. The highest BCUT2D eigenvalue weighted by atomic mass is 16.5. The van der Waals surface area contributed by atoms with Crippen molar-refractivity contribution in [1.29, 1.82) is 0 Å². The normalized spacial score (nSPS) is 20.8. The van der Waals surface area contributed by atoms with Crippen LogP contribution in [0, 0.1) is 6.92 Å². The second kappa shape index (κ2) is 8.81. The second-order valence-corrected chi connectivity index (χ2v) is 8.10. The van der Waals surface area contributed by atoms with Crippen molar-refractivity contribution in [1.82, 2.24) is 24.1 Å². The number of hydrogen-bond acceptors (Lipinski definition) is 5. The molecule has 7 heteroatoms. The van der Waals surface area contributed by atoms with Crippen molar-refractivity contribution >= 4 is 11.6 Å². The quantitative estimate of drug-likeness (QED) is 0.744. The van der Waals surface area contributed by atoms with Gasteiger partial charge in [0.15, 0.2) is 5.69 Å². The Morgan fingerprint density at radius 3 is 2.72 bits per heavy atom. The minimum atomic E-state index is 0.0332. The number of aromatic nitrogens is 2. The molecule has 2 aromatic rings. The zero-order valence-electron chi connectivity index (χ0n) is 17.9. The van der Waals surface area contributed by atoms with Gasteiger partial charge in [0.1, 0.15) is 5.65 Å². The van der Waals surface area contributed by atoms with Gasteiger partial charge < -0.3 is 14.0 Å². The van der Waals surface area contributed by atoms with Crippen LogP contribution in [0.1, 0.15) is 42.0 Å². The van der Waals surface area contributed by atoms with Crippen LogP contribution in [0.15, 0.2) is 18.3 Å². The summed E-state index contributed by atoms with van der Waals surface area (Å²) >= 11 is 0. The minimum absolute atomic E-state index is 0.0332. The molecule has 2 aliphatic rings. The van der Waals surface area contributed by atoms with E-state index < -0.39 is 0 Å². The summed E-state index contributed by atoms with van der Waals surface area (Å²) in [6, 6.07) is 4.70. The largest absolute Gasteiger partial charge is 0.378 e. The molecule has 0 radical (unpaired) electrons. The maximum Gasteiger partial charge on any atom is 0.274 e. The summed E-state index contributed by atoms with van der Waals surface area (Å²) in [5.74, 6) is 0.0332.